The monoisotopic (exact) mass is 267 g/mol. The van der Waals surface area contributed by atoms with Crippen molar-refractivity contribution in [1.82, 2.24) is 9.97 Å². The van der Waals surface area contributed by atoms with Crippen molar-refractivity contribution in [2.45, 2.75) is 9.92 Å². The highest BCUT2D eigenvalue weighted by Gasteiger charge is 2.19. The number of aromatic nitrogens is 2. The van der Waals surface area contributed by atoms with Crippen LogP contribution in [0.5, 0.6) is 0 Å². The zero-order valence-electron chi connectivity index (χ0n) is 8.41. The van der Waals surface area contributed by atoms with Gasteiger partial charge in [0.25, 0.3) is 0 Å². The van der Waals surface area contributed by atoms with E-state index in [0.29, 0.717) is 9.92 Å². The number of hydrogen-bond donors (Lipinski definition) is 0. The van der Waals surface area contributed by atoms with Gasteiger partial charge in [-0.1, -0.05) is 29.4 Å². The van der Waals surface area contributed by atoms with Crippen LogP contribution in [0.2, 0.25) is 5.02 Å². The number of nitro benzene ring substituents is 1. The molecule has 0 unspecified atom stereocenters. The predicted molar refractivity (Wildman–Crippen MR) is 64.3 cm³/mol. The zero-order chi connectivity index (χ0) is 12.3. The molecule has 0 bridgehead atoms. The van der Waals surface area contributed by atoms with E-state index in [1.54, 1.807) is 12.1 Å². The first kappa shape index (κ1) is 11.8. The van der Waals surface area contributed by atoms with Crippen molar-refractivity contribution in [2.24, 2.45) is 0 Å². The molecule has 0 N–H and O–H groups in total. The first-order valence-electron chi connectivity index (χ1n) is 4.55. The lowest BCUT2D eigenvalue weighted by atomic mass is 10.3. The molecule has 86 valence electrons. The zero-order valence-corrected chi connectivity index (χ0v) is 9.98. The summed E-state index contributed by atoms with van der Waals surface area (Å²) in [5.74, 6) is 0. The lowest BCUT2D eigenvalue weighted by Gasteiger charge is -2.02. The van der Waals surface area contributed by atoms with Crippen LogP contribution in [-0.2, 0) is 0 Å². The highest BCUT2D eigenvalue weighted by atomic mass is 35.5. The summed E-state index contributed by atoms with van der Waals surface area (Å²) in [6.45, 7) is 0. The molecule has 0 spiro atoms. The second-order valence-electron chi connectivity index (χ2n) is 2.99. The van der Waals surface area contributed by atoms with E-state index in [1.807, 2.05) is 0 Å². The molecule has 1 heterocycles. The third kappa shape index (κ3) is 2.72. The molecule has 0 saturated heterocycles. The van der Waals surface area contributed by atoms with Gasteiger partial charge >= 0.3 is 5.69 Å². The van der Waals surface area contributed by atoms with E-state index in [4.69, 9.17) is 11.6 Å². The Labute approximate surface area is 106 Å². The van der Waals surface area contributed by atoms with Gasteiger partial charge in [-0.05, 0) is 12.1 Å². The Balaban J connectivity index is 2.40. The summed E-state index contributed by atoms with van der Waals surface area (Å²) in [7, 11) is 0. The van der Waals surface area contributed by atoms with Gasteiger partial charge in [-0.25, -0.2) is 4.98 Å². The van der Waals surface area contributed by atoms with E-state index < -0.39 is 4.92 Å². The number of halogens is 1. The van der Waals surface area contributed by atoms with Crippen LogP contribution in [0, 0.1) is 10.1 Å². The maximum atomic E-state index is 10.9. The summed E-state index contributed by atoms with van der Waals surface area (Å²) in [6.07, 6.45) is 4.60. The molecule has 0 atom stereocenters. The highest BCUT2D eigenvalue weighted by molar-refractivity contribution is 7.99. The normalized spacial score (nSPS) is 10.2. The van der Waals surface area contributed by atoms with E-state index >= 15 is 0 Å². The molecule has 0 amide bonds. The van der Waals surface area contributed by atoms with Crippen molar-refractivity contribution in [3.63, 3.8) is 0 Å². The molecule has 5 nitrogen and oxygen atoms in total. The van der Waals surface area contributed by atoms with Crippen LogP contribution in [0.15, 0.2) is 46.7 Å². The van der Waals surface area contributed by atoms with Gasteiger partial charge in [0.05, 0.1) is 16.0 Å². The molecule has 0 aliphatic rings. The van der Waals surface area contributed by atoms with Crippen molar-refractivity contribution in [2.75, 3.05) is 0 Å². The molecule has 2 aromatic rings. The Morgan fingerprint density at radius 2 is 2.18 bits per heavy atom. The van der Waals surface area contributed by atoms with Crippen molar-refractivity contribution in [3.05, 3.63) is 51.9 Å². The topological polar surface area (TPSA) is 68.9 Å². The van der Waals surface area contributed by atoms with Crippen molar-refractivity contribution in [1.29, 1.82) is 0 Å². The Morgan fingerprint density at radius 1 is 1.35 bits per heavy atom. The maximum Gasteiger partial charge on any atom is 0.301 e. The van der Waals surface area contributed by atoms with Crippen LogP contribution >= 0.6 is 23.4 Å². The summed E-state index contributed by atoms with van der Waals surface area (Å²) < 4.78 is 0. The van der Waals surface area contributed by atoms with Gasteiger partial charge < -0.3 is 0 Å². The summed E-state index contributed by atoms with van der Waals surface area (Å²) in [6, 6.07) is 4.78. The third-order valence-electron chi connectivity index (χ3n) is 1.89. The number of nitro groups is 1. The number of hydrogen-bond acceptors (Lipinski definition) is 5. The van der Waals surface area contributed by atoms with Gasteiger partial charge in [-0.3, -0.25) is 15.1 Å². The first-order valence-corrected chi connectivity index (χ1v) is 5.74. The number of para-hydroxylation sites is 1. The van der Waals surface area contributed by atoms with E-state index in [2.05, 4.69) is 9.97 Å². The van der Waals surface area contributed by atoms with Gasteiger partial charge in [0.2, 0.25) is 0 Å². The fraction of sp³-hybridized carbons (Fsp3) is 0. The molecule has 2 rings (SSSR count). The fourth-order valence-electron chi connectivity index (χ4n) is 1.21. The summed E-state index contributed by atoms with van der Waals surface area (Å²) in [5.41, 5.74) is -0.107. The summed E-state index contributed by atoms with van der Waals surface area (Å²) in [5, 5.41) is 11.6. The second kappa shape index (κ2) is 5.11. The van der Waals surface area contributed by atoms with Gasteiger partial charge in [0.15, 0.2) is 0 Å². The fourth-order valence-corrected chi connectivity index (χ4v) is 2.39. The molecular formula is C10H6ClN3O2S. The SMILES string of the molecule is O=[N+]([O-])c1c(Cl)cccc1Sc1cnccn1. The van der Waals surface area contributed by atoms with E-state index in [-0.39, 0.29) is 10.7 Å². The van der Waals surface area contributed by atoms with E-state index in [9.17, 15) is 10.1 Å². The van der Waals surface area contributed by atoms with Gasteiger partial charge in [-0.2, -0.15) is 0 Å². The Hall–Kier alpha value is -1.66. The lowest BCUT2D eigenvalue weighted by Crippen LogP contribution is -1.92. The third-order valence-corrected chi connectivity index (χ3v) is 3.16. The average molecular weight is 268 g/mol. The minimum Gasteiger partial charge on any atom is -0.260 e. The van der Waals surface area contributed by atoms with Crippen molar-refractivity contribution >= 4 is 29.1 Å². The van der Waals surface area contributed by atoms with Crippen LogP contribution in [0.3, 0.4) is 0 Å². The molecule has 1 aromatic carbocycles. The first-order chi connectivity index (χ1) is 8.18. The molecular weight excluding hydrogens is 262 g/mol. The lowest BCUT2D eigenvalue weighted by molar-refractivity contribution is -0.387. The van der Waals surface area contributed by atoms with E-state index in [0.717, 1.165) is 11.8 Å². The minimum atomic E-state index is -0.499. The molecule has 0 radical (unpaired) electrons. The van der Waals surface area contributed by atoms with Crippen LogP contribution in [-0.4, -0.2) is 14.9 Å². The smallest absolute Gasteiger partial charge is 0.260 e. The number of benzene rings is 1. The Bertz CT molecular complexity index is 551. The second-order valence-corrected chi connectivity index (χ2v) is 4.46. The molecule has 1 aromatic heterocycles. The molecule has 0 fully saturated rings. The summed E-state index contributed by atoms with van der Waals surface area (Å²) >= 11 is 6.96. The number of rotatable bonds is 3. The van der Waals surface area contributed by atoms with E-state index in [1.165, 1.54) is 24.7 Å². The quantitative estimate of drug-likeness (QED) is 0.631. The maximum absolute atomic E-state index is 10.9. The van der Waals surface area contributed by atoms with Crippen LogP contribution in [0.4, 0.5) is 5.69 Å². The van der Waals surface area contributed by atoms with Crippen LogP contribution in [0.25, 0.3) is 0 Å². The minimum absolute atomic E-state index is 0.107. The van der Waals surface area contributed by atoms with Crippen LogP contribution < -0.4 is 0 Å². The highest BCUT2D eigenvalue weighted by Crippen LogP contribution is 2.37. The Morgan fingerprint density at radius 3 is 2.82 bits per heavy atom. The van der Waals surface area contributed by atoms with Crippen molar-refractivity contribution < 1.29 is 4.92 Å². The predicted octanol–water partition coefficient (Wildman–Crippen LogP) is 3.19. The van der Waals surface area contributed by atoms with Gasteiger partial charge in [0.1, 0.15) is 10.0 Å². The van der Waals surface area contributed by atoms with Crippen LogP contribution in [0.1, 0.15) is 0 Å². The Kier molecular flexibility index (Phi) is 3.55. The standard InChI is InChI=1S/C10H6ClN3O2S/c11-7-2-1-3-8(10(7)14(15)16)17-9-6-12-4-5-13-9/h1-6H. The molecule has 7 heteroatoms. The molecule has 0 aliphatic heterocycles. The molecule has 0 saturated carbocycles. The van der Waals surface area contributed by atoms with Gasteiger partial charge in [-0.15, -0.1) is 0 Å². The largest absolute Gasteiger partial charge is 0.301 e. The van der Waals surface area contributed by atoms with Gasteiger partial charge in [0, 0.05) is 12.4 Å². The average Bonchev–Trinajstić information content (AvgIpc) is 2.30. The number of nitrogens with zero attached hydrogens (tertiary/aromatic N) is 3. The molecule has 0 aliphatic carbocycles. The molecule has 17 heavy (non-hydrogen) atoms. The van der Waals surface area contributed by atoms with Crippen molar-refractivity contribution in [3.8, 4) is 0 Å². The summed E-state index contributed by atoms with van der Waals surface area (Å²) in [4.78, 5) is 18.8.